The molecule has 2 aromatic rings. The molecule has 0 unspecified atom stereocenters. The molecule has 0 radical (unpaired) electrons. The summed E-state index contributed by atoms with van der Waals surface area (Å²) in [6, 6.07) is 6.66. The van der Waals surface area contributed by atoms with Crippen molar-refractivity contribution in [3.05, 3.63) is 63.3 Å². The summed E-state index contributed by atoms with van der Waals surface area (Å²) < 4.78 is 20.9. The van der Waals surface area contributed by atoms with Crippen molar-refractivity contribution in [2.45, 2.75) is 0 Å². The predicted molar refractivity (Wildman–Crippen MR) is 103 cm³/mol. The van der Waals surface area contributed by atoms with Gasteiger partial charge >= 0.3 is 0 Å². The molecule has 0 fully saturated rings. The van der Waals surface area contributed by atoms with Crippen molar-refractivity contribution in [1.29, 1.82) is 0 Å². The Bertz CT molecular complexity index is 966. The highest BCUT2D eigenvalue weighted by atomic mass is 127. The lowest BCUT2D eigenvalue weighted by Crippen LogP contribution is -2.37. The van der Waals surface area contributed by atoms with Crippen LogP contribution in [0.1, 0.15) is 11.3 Å². The number of rotatable bonds is 4. The molecule has 2 N–H and O–H groups in total. The maximum Gasteiger partial charge on any atom is 0.195 e. The van der Waals surface area contributed by atoms with Gasteiger partial charge < -0.3 is 24.6 Å². The number of carbonyl (C=O) groups is 1. The lowest BCUT2D eigenvalue weighted by Gasteiger charge is -2.36. The predicted octanol–water partition coefficient (Wildman–Crippen LogP) is 2.56. The van der Waals surface area contributed by atoms with Gasteiger partial charge in [-0.05, 0) is 46.9 Å². The minimum absolute atomic E-state index is 0.230. The summed E-state index contributed by atoms with van der Waals surface area (Å²) in [5, 5.41) is 12.6. The molecule has 2 aliphatic rings. The van der Waals surface area contributed by atoms with E-state index in [1.54, 1.807) is 30.1 Å². The van der Waals surface area contributed by atoms with Gasteiger partial charge in [-0.2, -0.15) is 0 Å². The first-order chi connectivity index (χ1) is 12.5. The summed E-state index contributed by atoms with van der Waals surface area (Å²) >= 11 is 2.04. The van der Waals surface area contributed by atoms with Crippen molar-refractivity contribution in [3.8, 4) is 0 Å². The molecule has 0 saturated carbocycles. The number of anilines is 1. The third-order valence-electron chi connectivity index (χ3n) is 4.44. The van der Waals surface area contributed by atoms with E-state index >= 15 is 0 Å². The van der Waals surface area contributed by atoms with Crippen LogP contribution in [0.4, 0.5) is 10.1 Å². The fourth-order valence-electron chi connectivity index (χ4n) is 3.30. The van der Waals surface area contributed by atoms with E-state index in [0.717, 1.165) is 14.8 Å². The number of halogens is 2. The van der Waals surface area contributed by atoms with Gasteiger partial charge in [0.15, 0.2) is 11.5 Å². The number of hydrogen-bond acceptors (Lipinski definition) is 6. The van der Waals surface area contributed by atoms with Crippen LogP contribution in [-0.4, -0.2) is 36.1 Å². The van der Waals surface area contributed by atoms with Crippen molar-refractivity contribution in [3.63, 3.8) is 0 Å². The molecule has 1 aromatic carbocycles. The van der Waals surface area contributed by atoms with Gasteiger partial charge in [0, 0.05) is 22.4 Å². The van der Waals surface area contributed by atoms with E-state index in [0.29, 0.717) is 23.9 Å². The molecule has 8 heteroatoms. The number of benzene rings is 1. The Morgan fingerprint density at radius 1 is 1.46 bits per heavy atom. The second-order valence-electron chi connectivity index (χ2n) is 5.92. The van der Waals surface area contributed by atoms with E-state index in [2.05, 4.69) is 5.32 Å². The monoisotopic (exact) mass is 467 g/mol. The van der Waals surface area contributed by atoms with Crippen LogP contribution < -0.4 is 10.2 Å². The van der Waals surface area contributed by atoms with Crippen molar-refractivity contribution in [2.75, 3.05) is 25.2 Å². The molecule has 4 rings (SSSR count). The zero-order chi connectivity index (χ0) is 18.4. The number of hydrogen-bond donors (Lipinski definition) is 2. The van der Waals surface area contributed by atoms with Crippen molar-refractivity contribution in [2.24, 2.45) is 0 Å². The fraction of sp³-hybridized carbons (Fsp3) is 0.167. The Balaban J connectivity index is 1.95. The number of aliphatic hydroxyl groups is 1. The standard InChI is InChI=1S/C18H15FIN3O3/c1-22(13-3-2-10(20)6-12(13)19)18-16(15(25)8-24)17-11(4-5-26-17)14-7-21-9-23(14)18/h2-7,21,24H,8-9H2,1H3. The molecule has 0 spiro atoms. The van der Waals surface area contributed by atoms with Crippen LogP contribution in [0.5, 0.6) is 0 Å². The minimum atomic E-state index is -0.664. The van der Waals surface area contributed by atoms with Crippen molar-refractivity contribution in [1.82, 2.24) is 10.2 Å². The highest BCUT2D eigenvalue weighted by Crippen LogP contribution is 2.42. The second kappa shape index (κ2) is 6.44. The number of fused-ring (bicyclic) bond motifs is 3. The number of nitrogens with one attached hydrogen (secondary N) is 1. The molecule has 1 aromatic heterocycles. The van der Waals surface area contributed by atoms with E-state index in [1.165, 1.54) is 12.3 Å². The van der Waals surface area contributed by atoms with Gasteiger partial charge in [0.25, 0.3) is 0 Å². The average Bonchev–Trinajstić information content (AvgIpc) is 3.27. The third kappa shape index (κ3) is 2.52. The van der Waals surface area contributed by atoms with E-state index in [9.17, 15) is 14.3 Å². The third-order valence-corrected chi connectivity index (χ3v) is 5.11. The summed E-state index contributed by atoms with van der Waals surface area (Å²) in [6.45, 7) is -0.240. The Morgan fingerprint density at radius 2 is 2.27 bits per heavy atom. The number of furan rings is 1. The Kier molecular flexibility index (Phi) is 4.23. The molecular formula is C18H15FIN3O3. The van der Waals surface area contributed by atoms with Gasteiger partial charge in [-0.3, -0.25) is 4.79 Å². The molecule has 0 aliphatic carbocycles. The molecule has 0 saturated heterocycles. The summed E-state index contributed by atoms with van der Waals surface area (Å²) in [4.78, 5) is 16.0. The Morgan fingerprint density at radius 3 is 3.00 bits per heavy atom. The van der Waals surface area contributed by atoms with Crippen LogP contribution in [0.25, 0.3) is 11.3 Å². The molecule has 6 nitrogen and oxygen atoms in total. The van der Waals surface area contributed by atoms with Gasteiger partial charge in [0.05, 0.1) is 24.3 Å². The van der Waals surface area contributed by atoms with Crippen LogP contribution in [0.2, 0.25) is 0 Å². The molecule has 0 bridgehead atoms. The van der Waals surface area contributed by atoms with E-state index in [1.807, 2.05) is 33.7 Å². The fourth-order valence-corrected chi connectivity index (χ4v) is 3.75. The van der Waals surface area contributed by atoms with E-state index in [4.69, 9.17) is 4.42 Å². The quantitative estimate of drug-likeness (QED) is 0.675. The first-order valence-corrected chi connectivity index (χ1v) is 8.97. The number of ketones is 1. The largest absolute Gasteiger partial charge is 0.463 e. The highest BCUT2D eigenvalue weighted by molar-refractivity contribution is 14.1. The average molecular weight is 467 g/mol. The first-order valence-electron chi connectivity index (χ1n) is 7.89. The summed E-state index contributed by atoms with van der Waals surface area (Å²) in [7, 11) is 1.69. The topological polar surface area (TPSA) is 69.0 Å². The highest BCUT2D eigenvalue weighted by Gasteiger charge is 2.38. The number of carbonyl (C=O) groups excluding carboxylic acids is 1. The lowest BCUT2D eigenvalue weighted by molar-refractivity contribution is -0.116. The van der Waals surface area contributed by atoms with Gasteiger partial charge in [0.1, 0.15) is 23.8 Å². The summed E-state index contributed by atoms with van der Waals surface area (Å²) in [5.41, 5.74) is 2.14. The van der Waals surface area contributed by atoms with Gasteiger partial charge in [-0.1, -0.05) is 0 Å². The Hall–Kier alpha value is -2.33. The summed E-state index contributed by atoms with van der Waals surface area (Å²) in [5.74, 6) is -0.0450. The molecule has 0 amide bonds. The SMILES string of the molecule is CN(C1=C(C(=O)CO)c2occc2C2=CNCN21)c1ccc(I)cc1F. The first kappa shape index (κ1) is 17.1. The molecular weight excluding hydrogens is 452 g/mol. The molecule has 2 aliphatic heterocycles. The van der Waals surface area contributed by atoms with Crippen LogP contribution in [0.3, 0.4) is 0 Å². The zero-order valence-corrected chi connectivity index (χ0v) is 15.9. The zero-order valence-electron chi connectivity index (χ0n) is 13.8. The lowest BCUT2D eigenvalue weighted by atomic mass is 9.98. The second-order valence-corrected chi connectivity index (χ2v) is 7.16. The molecule has 134 valence electrons. The normalized spacial score (nSPS) is 15.4. The maximum absolute atomic E-state index is 14.6. The Labute approximate surface area is 162 Å². The summed E-state index contributed by atoms with van der Waals surface area (Å²) in [6.07, 6.45) is 3.33. The van der Waals surface area contributed by atoms with Crippen LogP contribution in [0.15, 0.2) is 47.0 Å². The van der Waals surface area contributed by atoms with Crippen LogP contribution >= 0.6 is 22.6 Å². The van der Waals surface area contributed by atoms with Crippen molar-refractivity contribution >= 4 is 45.3 Å². The van der Waals surface area contributed by atoms with Crippen LogP contribution in [0, 0.1) is 9.39 Å². The maximum atomic E-state index is 14.6. The number of nitrogens with zero attached hydrogens (tertiary/aromatic N) is 2. The number of aliphatic hydroxyl groups excluding tert-OH is 1. The molecule has 0 atom stereocenters. The number of Topliss-reactive ketones (excluding diaryl/α,β-unsaturated/α-hetero) is 1. The van der Waals surface area contributed by atoms with E-state index in [-0.39, 0.29) is 5.57 Å². The van der Waals surface area contributed by atoms with Crippen molar-refractivity contribution < 1.29 is 18.7 Å². The molecule has 3 heterocycles. The molecule has 26 heavy (non-hydrogen) atoms. The van der Waals surface area contributed by atoms with Gasteiger partial charge in [-0.25, -0.2) is 4.39 Å². The van der Waals surface area contributed by atoms with Crippen LogP contribution in [-0.2, 0) is 4.79 Å². The van der Waals surface area contributed by atoms with Gasteiger partial charge in [0.2, 0.25) is 0 Å². The minimum Gasteiger partial charge on any atom is -0.463 e. The smallest absolute Gasteiger partial charge is 0.195 e. The van der Waals surface area contributed by atoms with E-state index < -0.39 is 18.2 Å². The van der Waals surface area contributed by atoms with Gasteiger partial charge in [-0.15, -0.1) is 0 Å².